The number of ether oxygens (including phenoxy) is 3. The fourth-order valence-corrected chi connectivity index (χ4v) is 3.38. The van der Waals surface area contributed by atoms with Crippen molar-refractivity contribution in [3.05, 3.63) is 23.8 Å². The minimum absolute atomic E-state index is 0.184. The summed E-state index contributed by atoms with van der Waals surface area (Å²) in [4.78, 5) is 0. The van der Waals surface area contributed by atoms with Crippen LogP contribution in [0.2, 0.25) is 0 Å². The molecule has 1 N–H and O–H groups in total. The molecule has 0 aromatic heterocycles. The summed E-state index contributed by atoms with van der Waals surface area (Å²) in [6.07, 6.45) is 4.84. The van der Waals surface area contributed by atoms with Gasteiger partial charge in [0.25, 0.3) is 0 Å². The fourth-order valence-electron chi connectivity index (χ4n) is 3.38. The summed E-state index contributed by atoms with van der Waals surface area (Å²) in [5, 5.41) is 9.97. The van der Waals surface area contributed by atoms with Gasteiger partial charge in [-0.25, -0.2) is 0 Å². The van der Waals surface area contributed by atoms with E-state index in [0.29, 0.717) is 5.92 Å². The molecule has 1 aliphatic rings. The third kappa shape index (κ3) is 4.61. The number of methoxy groups -OCH3 is 2. The van der Waals surface area contributed by atoms with Crippen LogP contribution in [0.3, 0.4) is 0 Å². The molecule has 4 heteroatoms. The lowest BCUT2D eigenvalue weighted by atomic mass is 9.93. The highest BCUT2D eigenvalue weighted by Gasteiger charge is 2.31. The van der Waals surface area contributed by atoms with E-state index in [1.807, 2.05) is 12.1 Å². The van der Waals surface area contributed by atoms with Crippen LogP contribution in [0.15, 0.2) is 18.2 Å². The smallest absolute Gasteiger partial charge is 0.160 e. The second kappa shape index (κ2) is 8.55. The van der Waals surface area contributed by atoms with Crippen molar-refractivity contribution in [1.82, 2.24) is 0 Å². The highest BCUT2D eigenvalue weighted by atomic mass is 16.5. The highest BCUT2D eigenvalue weighted by molar-refractivity contribution is 5.44. The van der Waals surface area contributed by atoms with Crippen LogP contribution in [-0.2, 0) is 4.74 Å². The van der Waals surface area contributed by atoms with Crippen LogP contribution in [0.5, 0.6) is 11.5 Å². The van der Waals surface area contributed by atoms with Gasteiger partial charge in [-0.05, 0) is 43.4 Å². The van der Waals surface area contributed by atoms with E-state index in [-0.39, 0.29) is 18.3 Å². The van der Waals surface area contributed by atoms with Gasteiger partial charge in [0.05, 0.1) is 32.5 Å². The average molecular weight is 322 g/mol. The van der Waals surface area contributed by atoms with Gasteiger partial charge in [-0.15, -0.1) is 0 Å². The maximum atomic E-state index is 9.97. The molecule has 0 spiro atoms. The van der Waals surface area contributed by atoms with Crippen LogP contribution in [0, 0.1) is 0 Å². The van der Waals surface area contributed by atoms with Gasteiger partial charge < -0.3 is 19.3 Å². The number of hydrogen-bond donors (Lipinski definition) is 1. The van der Waals surface area contributed by atoms with E-state index in [2.05, 4.69) is 19.9 Å². The first kappa shape index (κ1) is 18.1. The van der Waals surface area contributed by atoms with Crippen molar-refractivity contribution in [3.63, 3.8) is 0 Å². The molecule has 1 heterocycles. The Bertz CT molecular complexity index is 488. The van der Waals surface area contributed by atoms with Gasteiger partial charge in [-0.2, -0.15) is 0 Å². The molecule has 1 aromatic rings. The van der Waals surface area contributed by atoms with E-state index in [0.717, 1.165) is 43.6 Å². The Balaban J connectivity index is 1.97. The van der Waals surface area contributed by atoms with Crippen molar-refractivity contribution in [2.24, 2.45) is 0 Å². The van der Waals surface area contributed by atoms with Crippen molar-refractivity contribution in [3.8, 4) is 11.5 Å². The van der Waals surface area contributed by atoms with Gasteiger partial charge in [0.15, 0.2) is 11.5 Å². The second-order valence-electron chi connectivity index (χ2n) is 6.46. The molecule has 0 bridgehead atoms. The molecule has 0 radical (unpaired) electrons. The molecule has 0 unspecified atom stereocenters. The maximum absolute atomic E-state index is 9.97. The van der Waals surface area contributed by atoms with E-state index < -0.39 is 0 Å². The summed E-state index contributed by atoms with van der Waals surface area (Å²) in [6.45, 7) is 4.29. The van der Waals surface area contributed by atoms with Gasteiger partial charge in [-0.3, -0.25) is 0 Å². The van der Waals surface area contributed by atoms with Crippen LogP contribution >= 0.6 is 0 Å². The SMILES string of the molecule is CCC[C@@H](O)C[C@@H]1CC[C@H]([C@H](C)c2ccc(OC)c(OC)c2)O1. The standard InChI is InChI=1S/C19H30O4/c1-5-6-15(20)12-16-8-10-17(23-16)13(2)14-7-9-18(21-3)19(11-14)22-4/h7,9,11,13,15-17,20H,5-6,8,10,12H2,1-4H3/t13-,15-,16+,17-/m1/s1. The first-order chi connectivity index (χ1) is 11.1. The molecule has 0 saturated carbocycles. The second-order valence-corrected chi connectivity index (χ2v) is 6.46. The van der Waals surface area contributed by atoms with Crippen molar-refractivity contribution in [2.75, 3.05) is 14.2 Å². The molecule has 1 aromatic carbocycles. The number of rotatable bonds is 8. The molecule has 0 amide bonds. The van der Waals surface area contributed by atoms with Gasteiger partial charge in [0, 0.05) is 5.92 Å². The monoisotopic (exact) mass is 322 g/mol. The summed E-state index contributed by atoms with van der Waals surface area (Å²) in [6, 6.07) is 6.06. The van der Waals surface area contributed by atoms with E-state index in [1.165, 1.54) is 5.56 Å². The van der Waals surface area contributed by atoms with Crippen molar-refractivity contribution in [2.45, 2.75) is 70.2 Å². The van der Waals surface area contributed by atoms with Crippen molar-refractivity contribution in [1.29, 1.82) is 0 Å². The summed E-state index contributed by atoms with van der Waals surface area (Å²) in [7, 11) is 3.30. The van der Waals surface area contributed by atoms with Gasteiger partial charge in [0.1, 0.15) is 0 Å². The Morgan fingerprint density at radius 3 is 2.61 bits per heavy atom. The zero-order valence-electron chi connectivity index (χ0n) is 14.7. The van der Waals surface area contributed by atoms with Gasteiger partial charge >= 0.3 is 0 Å². The first-order valence-corrected chi connectivity index (χ1v) is 8.64. The molecule has 4 atom stereocenters. The largest absolute Gasteiger partial charge is 0.493 e. The molecule has 130 valence electrons. The molecule has 1 saturated heterocycles. The van der Waals surface area contributed by atoms with Crippen LogP contribution in [0.1, 0.15) is 57.4 Å². The highest BCUT2D eigenvalue weighted by Crippen LogP contribution is 2.36. The zero-order valence-corrected chi connectivity index (χ0v) is 14.7. The summed E-state index contributed by atoms with van der Waals surface area (Å²) >= 11 is 0. The van der Waals surface area contributed by atoms with Crippen LogP contribution in [-0.4, -0.2) is 37.6 Å². The molecule has 0 aliphatic carbocycles. The minimum atomic E-state index is -0.236. The Morgan fingerprint density at radius 1 is 1.22 bits per heavy atom. The van der Waals surface area contributed by atoms with Crippen molar-refractivity contribution >= 4 is 0 Å². The molecular formula is C19H30O4. The third-order valence-corrected chi connectivity index (χ3v) is 4.79. The zero-order chi connectivity index (χ0) is 16.8. The summed E-state index contributed by atoms with van der Waals surface area (Å²) in [5.41, 5.74) is 1.20. The molecule has 23 heavy (non-hydrogen) atoms. The Labute approximate surface area is 139 Å². The van der Waals surface area contributed by atoms with E-state index in [4.69, 9.17) is 14.2 Å². The van der Waals surface area contributed by atoms with Gasteiger partial charge in [-0.1, -0.05) is 26.3 Å². The normalized spacial score (nSPS) is 23.5. The molecule has 2 rings (SSSR count). The molecular weight excluding hydrogens is 292 g/mol. The van der Waals surface area contributed by atoms with E-state index >= 15 is 0 Å². The third-order valence-electron chi connectivity index (χ3n) is 4.79. The minimum Gasteiger partial charge on any atom is -0.493 e. The lowest BCUT2D eigenvalue weighted by molar-refractivity contribution is 0.00200. The predicted octanol–water partition coefficient (Wildman–Crippen LogP) is 3.91. The molecule has 1 aliphatic heterocycles. The van der Waals surface area contributed by atoms with Crippen LogP contribution < -0.4 is 9.47 Å². The van der Waals surface area contributed by atoms with Crippen LogP contribution in [0.4, 0.5) is 0 Å². The topological polar surface area (TPSA) is 47.9 Å². The summed E-state index contributed by atoms with van der Waals surface area (Å²) < 4.78 is 16.9. The Hall–Kier alpha value is -1.26. The van der Waals surface area contributed by atoms with Gasteiger partial charge in [0.2, 0.25) is 0 Å². The average Bonchev–Trinajstić information content (AvgIpc) is 3.02. The first-order valence-electron chi connectivity index (χ1n) is 8.64. The Morgan fingerprint density at radius 2 is 1.96 bits per heavy atom. The lowest BCUT2D eigenvalue weighted by Crippen LogP contribution is -2.21. The van der Waals surface area contributed by atoms with Crippen LogP contribution in [0.25, 0.3) is 0 Å². The van der Waals surface area contributed by atoms with E-state index in [1.54, 1.807) is 14.2 Å². The number of benzene rings is 1. The number of hydrogen-bond acceptors (Lipinski definition) is 4. The maximum Gasteiger partial charge on any atom is 0.160 e. The lowest BCUT2D eigenvalue weighted by Gasteiger charge is -2.22. The molecule has 1 fully saturated rings. The quantitative estimate of drug-likeness (QED) is 0.788. The Kier molecular flexibility index (Phi) is 6.72. The summed E-state index contributed by atoms with van der Waals surface area (Å²) in [5.74, 6) is 1.80. The molecule has 4 nitrogen and oxygen atoms in total. The number of aliphatic hydroxyl groups excluding tert-OH is 1. The predicted molar refractivity (Wildman–Crippen MR) is 91.4 cm³/mol. The van der Waals surface area contributed by atoms with E-state index in [9.17, 15) is 5.11 Å². The van der Waals surface area contributed by atoms with Crippen molar-refractivity contribution < 1.29 is 19.3 Å². The fraction of sp³-hybridized carbons (Fsp3) is 0.684. The number of aliphatic hydroxyl groups is 1.